The van der Waals surface area contributed by atoms with Gasteiger partial charge in [-0.2, -0.15) is 4.39 Å². The highest BCUT2D eigenvalue weighted by Crippen LogP contribution is 2.21. The molecule has 0 saturated heterocycles. The zero-order chi connectivity index (χ0) is 15.3. The maximum Gasteiger partial charge on any atom is 0.305 e. The van der Waals surface area contributed by atoms with E-state index >= 15 is 0 Å². The van der Waals surface area contributed by atoms with Crippen LogP contribution in [-0.2, 0) is 6.54 Å². The summed E-state index contributed by atoms with van der Waals surface area (Å²) in [6, 6.07) is 1.62. The molecule has 1 aromatic rings. The van der Waals surface area contributed by atoms with E-state index in [4.69, 9.17) is 0 Å². The zero-order valence-corrected chi connectivity index (χ0v) is 11.8. The average Bonchev–Trinajstić information content (AvgIpc) is 2.34. The average molecular weight is 287 g/mol. The molecule has 0 bridgehead atoms. The molecular formula is C13H19F2N3O2. The van der Waals surface area contributed by atoms with Crippen molar-refractivity contribution in [3.05, 3.63) is 39.4 Å². The van der Waals surface area contributed by atoms with Crippen molar-refractivity contribution < 1.29 is 13.7 Å². The predicted molar refractivity (Wildman–Crippen MR) is 72.5 cm³/mol. The molecule has 1 unspecified atom stereocenters. The summed E-state index contributed by atoms with van der Waals surface area (Å²) >= 11 is 0. The molecule has 0 aliphatic rings. The Morgan fingerprint density at radius 2 is 2.00 bits per heavy atom. The number of hydrogen-bond acceptors (Lipinski definition) is 4. The maximum atomic E-state index is 13.5. The van der Waals surface area contributed by atoms with Crippen molar-refractivity contribution in [1.29, 1.82) is 0 Å². The van der Waals surface area contributed by atoms with Crippen LogP contribution in [0.15, 0.2) is 12.1 Å². The largest absolute Gasteiger partial charge is 0.310 e. The fourth-order valence-corrected chi connectivity index (χ4v) is 1.69. The van der Waals surface area contributed by atoms with Gasteiger partial charge in [0.15, 0.2) is 0 Å². The third-order valence-electron chi connectivity index (χ3n) is 2.96. The van der Waals surface area contributed by atoms with Crippen molar-refractivity contribution in [2.24, 2.45) is 0 Å². The first-order valence-electron chi connectivity index (χ1n) is 6.31. The van der Waals surface area contributed by atoms with Crippen LogP contribution in [-0.4, -0.2) is 36.5 Å². The van der Waals surface area contributed by atoms with Gasteiger partial charge in [-0.1, -0.05) is 0 Å². The molecule has 112 valence electrons. The van der Waals surface area contributed by atoms with Crippen molar-refractivity contribution in [2.75, 3.05) is 20.6 Å². The number of nitrogens with zero attached hydrogens (tertiary/aromatic N) is 2. The topological polar surface area (TPSA) is 58.4 Å². The molecule has 0 aliphatic heterocycles. The molecule has 20 heavy (non-hydrogen) atoms. The molecule has 0 spiro atoms. The Balaban J connectivity index is 2.68. The first kappa shape index (κ1) is 16.5. The fourth-order valence-electron chi connectivity index (χ4n) is 1.69. The molecule has 1 rings (SSSR count). The lowest BCUT2D eigenvalue weighted by atomic mass is 10.1. The number of rotatable bonds is 7. The Labute approximate surface area is 116 Å². The fraction of sp³-hybridized carbons (Fsp3) is 0.538. The Morgan fingerprint density at radius 1 is 1.35 bits per heavy atom. The monoisotopic (exact) mass is 287 g/mol. The van der Waals surface area contributed by atoms with E-state index in [0.29, 0.717) is 6.07 Å². The first-order chi connectivity index (χ1) is 9.31. The molecule has 0 aromatic heterocycles. The van der Waals surface area contributed by atoms with Crippen LogP contribution in [0.5, 0.6) is 0 Å². The lowest BCUT2D eigenvalue weighted by Crippen LogP contribution is -2.29. The summed E-state index contributed by atoms with van der Waals surface area (Å²) in [7, 11) is 3.91. The van der Waals surface area contributed by atoms with E-state index < -0.39 is 22.2 Å². The highest BCUT2D eigenvalue weighted by molar-refractivity contribution is 5.37. The molecule has 1 atom stereocenters. The van der Waals surface area contributed by atoms with Crippen LogP contribution < -0.4 is 5.32 Å². The third-order valence-corrected chi connectivity index (χ3v) is 2.96. The van der Waals surface area contributed by atoms with Crippen LogP contribution in [0.4, 0.5) is 14.5 Å². The lowest BCUT2D eigenvalue weighted by molar-refractivity contribution is -0.387. The van der Waals surface area contributed by atoms with Gasteiger partial charge in [0, 0.05) is 30.3 Å². The van der Waals surface area contributed by atoms with Crippen LogP contribution in [0, 0.1) is 21.7 Å². The van der Waals surface area contributed by atoms with Gasteiger partial charge in [-0.05, 0) is 34.0 Å². The second-order valence-corrected chi connectivity index (χ2v) is 5.03. The lowest BCUT2D eigenvalue weighted by Gasteiger charge is -2.16. The number of nitro groups is 1. The highest BCUT2D eigenvalue weighted by Gasteiger charge is 2.18. The molecule has 7 heteroatoms. The summed E-state index contributed by atoms with van der Waals surface area (Å²) in [5.74, 6) is -1.93. The van der Waals surface area contributed by atoms with Gasteiger partial charge in [-0.25, -0.2) is 4.39 Å². The summed E-state index contributed by atoms with van der Waals surface area (Å²) in [5.41, 5.74) is -0.612. The zero-order valence-electron chi connectivity index (χ0n) is 11.8. The Hall–Kier alpha value is -1.60. The van der Waals surface area contributed by atoms with Crippen molar-refractivity contribution in [2.45, 2.75) is 25.9 Å². The molecule has 5 nitrogen and oxygen atoms in total. The minimum absolute atomic E-state index is 0.0924. The summed E-state index contributed by atoms with van der Waals surface area (Å²) < 4.78 is 26.7. The maximum absolute atomic E-state index is 13.5. The molecule has 0 radical (unpaired) electrons. The molecule has 0 heterocycles. The molecule has 0 saturated carbocycles. The molecule has 0 fully saturated rings. The number of hydrogen-bond donors (Lipinski definition) is 1. The van der Waals surface area contributed by atoms with Crippen LogP contribution in [0.3, 0.4) is 0 Å². The van der Waals surface area contributed by atoms with Crippen LogP contribution in [0.2, 0.25) is 0 Å². The van der Waals surface area contributed by atoms with E-state index in [0.717, 1.165) is 19.0 Å². The number of halogens is 2. The van der Waals surface area contributed by atoms with Gasteiger partial charge in [0.2, 0.25) is 5.82 Å². The summed E-state index contributed by atoms with van der Waals surface area (Å²) in [5, 5.41) is 13.7. The minimum atomic E-state index is -1.16. The first-order valence-corrected chi connectivity index (χ1v) is 6.31. The van der Waals surface area contributed by atoms with E-state index in [1.165, 1.54) is 0 Å². The second kappa shape index (κ2) is 7.25. The van der Waals surface area contributed by atoms with E-state index in [1.807, 2.05) is 25.9 Å². The quantitative estimate of drug-likeness (QED) is 0.617. The standard InChI is InChI=1S/C13H19F2N3O2/c1-9(4-5-17(2)3)16-8-10-6-13(18(19)20)12(15)7-11(10)14/h6-7,9,16H,4-5,8H2,1-3H3. The molecule has 0 amide bonds. The Bertz CT molecular complexity index is 481. The minimum Gasteiger partial charge on any atom is -0.310 e. The number of nitrogens with one attached hydrogen (secondary N) is 1. The molecule has 0 aliphatic carbocycles. The van der Waals surface area contributed by atoms with Gasteiger partial charge in [-0.15, -0.1) is 0 Å². The van der Waals surface area contributed by atoms with Crippen molar-refractivity contribution >= 4 is 5.69 Å². The third kappa shape index (κ3) is 4.82. The Kier molecular flexibility index (Phi) is 5.97. The van der Waals surface area contributed by atoms with Gasteiger partial charge in [0.25, 0.3) is 0 Å². The van der Waals surface area contributed by atoms with Crippen molar-refractivity contribution in [3.8, 4) is 0 Å². The van der Waals surface area contributed by atoms with Gasteiger partial charge in [0.05, 0.1) is 4.92 Å². The highest BCUT2D eigenvalue weighted by atomic mass is 19.1. The predicted octanol–water partition coefficient (Wildman–Crippen LogP) is 2.30. The SMILES string of the molecule is CC(CCN(C)C)NCc1cc([N+](=O)[O-])c(F)cc1F. The number of benzene rings is 1. The summed E-state index contributed by atoms with van der Waals surface area (Å²) in [4.78, 5) is 11.8. The molecular weight excluding hydrogens is 268 g/mol. The van der Waals surface area contributed by atoms with E-state index in [2.05, 4.69) is 5.32 Å². The van der Waals surface area contributed by atoms with Crippen LogP contribution in [0.25, 0.3) is 0 Å². The van der Waals surface area contributed by atoms with Gasteiger partial charge < -0.3 is 10.2 Å². The van der Waals surface area contributed by atoms with Crippen molar-refractivity contribution in [3.63, 3.8) is 0 Å². The van der Waals surface area contributed by atoms with Crippen LogP contribution in [0.1, 0.15) is 18.9 Å². The van der Waals surface area contributed by atoms with Gasteiger partial charge in [-0.3, -0.25) is 10.1 Å². The number of nitro benzene ring substituents is 1. The van der Waals surface area contributed by atoms with E-state index in [9.17, 15) is 18.9 Å². The van der Waals surface area contributed by atoms with Gasteiger partial charge in [0.1, 0.15) is 5.82 Å². The summed E-state index contributed by atoms with van der Waals surface area (Å²) in [6.45, 7) is 2.95. The summed E-state index contributed by atoms with van der Waals surface area (Å²) in [6.07, 6.45) is 0.859. The normalized spacial score (nSPS) is 12.7. The smallest absolute Gasteiger partial charge is 0.305 e. The molecule has 1 aromatic carbocycles. The van der Waals surface area contributed by atoms with E-state index in [-0.39, 0.29) is 18.2 Å². The Morgan fingerprint density at radius 3 is 2.55 bits per heavy atom. The second-order valence-electron chi connectivity index (χ2n) is 5.03. The van der Waals surface area contributed by atoms with Gasteiger partial charge >= 0.3 is 5.69 Å². The molecule has 1 N–H and O–H groups in total. The van der Waals surface area contributed by atoms with Crippen LogP contribution >= 0.6 is 0 Å². The van der Waals surface area contributed by atoms with Crippen molar-refractivity contribution in [1.82, 2.24) is 10.2 Å². The van der Waals surface area contributed by atoms with E-state index in [1.54, 1.807) is 0 Å².